The first-order chi connectivity index (χ1) is 7.24. The minimum absolute atomic E-state index is 0.0586. The molecule has 15 heavy (non-hydrogen) atoms. The highest BCUT2D eigenvalue weighted by Gasteiger charge is 2.19. The summed E-state index contributed by atoms with van der Waals surface area (Å²) in [7, 11) is 0. The van der Waals surface area contributed by atoms with Crippen molar-refractivity contribution < 1.29 is 5.11 Å². The Labute approximate surface area is 98.9 Å². The third-order valence-electron chi connectivity index (χ3n) is 3.09. The fraction of sp³-hybridized carbons (Fsp3) is 0.583. The second-order valence-corrected chi connectivity index (χ2v) is 5.14. The molecule has 1 fully saturated rings. The van der Waals surface area contributed by atoms with Crippen molar-refractivity contribution in [1.29, 1.82) is 0 Å². The van der Waals surface area contributed by atoms with Crippen molar-refractivity contribution in [3.05, 3.63) is 28.5 Å². The minimum Gasteiger partial charge on any atom is -0.393 e. The Kier molecular flexibility index (Phi) is 3.76. The summed E-state index contributed by atoms with van der Waals surface area (Å²) in [5, 5.41) is 9.41. The molecule has 0 spiro atoms. The van der Waals surface area contributed by atoms with E-state index in [9.17, 15) is 5.11 Å². The maximum absolute atomic E-state index is 9.41. The highest BCUT2D eigenvalue weighted by molar-refractivity contribution is 9.10. The quantitative estimate of drug-likeness (QED) is 0.838. The summed E-state index contributed by atoms with van der Waals surface area (Å²) in [4.78, 5) is 4.44. The van der Waals surface area contributed by atoms with Crippen LogP contribution in [0.15, 0.2) is 22.8 Å². The largest absolute Gasteiger partial charge is 0.393 e. The molecule has 1 N–H and O–H groups in total. The first-order valence-corrected chi connectivity index (χ1v) is 6.33. The zero-order chi connectivity index (χ0) is 10.7. The Bertz CT molecular complexity index is 321. The monoisotopic (exact) mass is 269 g/mol. The highest BCUT2D eigenvalue weighted by atomic mass is 79.9. The van der Waals surface area contributed by atoms with Crippen LogP contribution in [0.3, 0.4) is 0 Å². The molecule has 1 aliphatic carbocycles. The molecule has 1 aromatic heterocycles. The molecule has 1 aromatic rings. The van der Waals surface area contributed by atoms with Gasteiger partial charge in [0.25, 0.3) is 0 Å². The zero-order valence-corrected chi connectivity index (χ0v) is 10.3. The first kappa shape index (κ1) is 11.1. The van der Waals surface area contributed by atoms with E-state index in [1.165, 1.54) is 0 Å². The number of pyridine rings is 1. The second-order valence-electron chi connectivity index (χ2n) is 4.33. The average Bonchev–Trinajstić information content (AvgIpc) is 2.22. The lowest BCUT2D eigenvalue weighted by Gasteiger charge is -2.24. The lowest BCUT2D eigenvalue weighted by Crippen LogP contribution is -2.19. The van der Waals surface area contributed by atoms with E-state index in [2.05, 4.69) is 27.0 Å². The van der Waals surface area contributed by atoms with Gasteiger partial charge >= 0.3 is 0 Å². The number of aliphatic hydroxyl groups excluding tert-OH is 1. The van der Waals surface area contributed by atoms with Crippen molar-refractivity contribution in [3.8, 4) is 0 Å². The third-order valence-corrected chi connectivity index (χ3v) is 3.53. The van der Waals surface area contributed by atoms with Gasteiger partial charge < -0.3 is 5.11 Å². The predicted octanol–water partition coefficient (Wildman–Crippen LogP) is 2.94. The van der Waals surface area contributed by atoms with Gasteiger partial charge in [0.15, 0.2) is 0 Å². The Morgan fingerprint density at radius 2 is 2.00 bits per heavy atom. The minimum atomic E-state index is -0.0586. The van der Waals surface area contributed by atoms with Crippen molar-refractivity contribution in [1.82, 2.24) is 4.98 Å². The van der Waals surface area contributed by atoms with Crippen LogP contribution in [0.25, 0.3) is 0 Å². The molecule has 82 valence electrons. The van der Waals surface area contributed by atoms with Gasteiger partial charge in [-0.25, -0.2) is 4.98 Å². The van der Waals surface area contributed by atoms with Gasteiger partial charge in [-0.15, -0.1) is 0 Å². The normalized spacial score (nSPS) is 26.5. The van der Waals surface area contributed by atoms with Gasteiger partial charge in [0, 0.05) is 5.69 Å². The lowest BCUT2D eigenvalue weighted by molar-refractivity contribution is 0.108. The molecule has 0 aliphatic heterocycles. The average molecular weight is 270 g/mol. The summed E-state index contributed by atoms with van der Waals surface area (Å²) in [5.41, 5.74) is 1.16. The number of nitrogens with zero attached hydrogens (tertiary/aromatic N) is 1. The molecular weight excluding hydrogens is 254 g/mol. The van der Waals surface area contributed by atoms with Crippen molar-refractivity contribution in [2.24, 2.45) is 5.92 Å². The Morgan fingerprint density at radius 3 is 2.67 bits per heavy atom. The molecule has 2 nitrogen and oxygen atoms in total. The van der Waals surface area contributed by atoms with Gasteiger partial charge in [-0.3, -0.25) is 0 Å². The maximum atomic E-state index is 9.41. The second kappa shape index (κ2) is 5.08. The molecule has 0 radical (unpaired) electrons. The van der Waals surface area contributed by atoms with E-state index in [1.807, 2.05) is 12.1 Å². The summed E-state index contributed by atoms with van der Waals surface area (Å²) in [6, 6.07) is 6.06. The standard InChI is InChI=1S/C12H16BrNO/c13-12-3-1-2-10(14-12)8-9-4-6-11(15)7-5-9/h1-3,9,11,15H,4-8H2. The van der Waals surface area contributed by atoms with Crippen molar-refractivity contribution >= 4 is 15.9 Å². The van der Waals surface area contributed by atoms with Crippen LogP contribution in [0.1, 0.15) is 31.4 Å². The molecule has 0 atom stereocenters. The molecule has 2 rings (SSSR count). The third kappa shape index (κ3) is 3.28. The number of halogens is 1. The van der Waals surface area contributed by atoms with Gasteiger partial charge in [0.05, 0.1) is 6.10 Å². The van der Waals surface area contributed by atoms with Crippen LogP contribution >= 0.6 is 15.9 Å². The molecule has 1 saturated carbocycles. The fourth-order valence-electron chi connectivity index (χ4n) is 2.21. The summed E-state index contributed by atoms with van der Waals surface area (Å²) in [6.07, 6.45) is 5.17. The van der Waals surface area contributed by atoms with Gasteiger partial charge in [-0.1, -0.05) is 6.07 Å². The van der Waals surface area contributed by atoms with E-state index in [4.69, 9.17) is 0 Å². The summed E-state index contributed by atoms with van der Waals surface area (Å²) in [5.74, 6) is 0.704. The van der Waals surface area contributed by atoms with Crippen LogP contribution in [0.5, 0.6) is 0 Å². The Morgan fingerprint density at radius 1 is 1.27 bits per heavy atom. The molecule has 0 unspecified atom stereocenters. The van der Waals surface area contributed by atoms with Gasteiger partial charge in [0.2, 0.25) is 0 Å². The maximum Gasteiger partial charge on any atom is 0.106 e. The molecule has 0 amide bonds. The Hall–Kier alpha value is -0.410. The van der Waals surface area contributed by atoms with Crippen LogP contribution in [-0.4, -0.2) is 16.2 Å². The number of hydrogen-bond donors (Lipinski definition) is 1. The van der Waals surface area contributed by atoms with Gasteiger partial charge in [-0.2, -0.15) is 0 Å². The van der Waals surface area contributed by atoms with E-state index in [0.29, 0.717) is 5.92 Å². The summed E-state index contributed by atoms with van der Waals surface area (Å²) >= 11 is 3.39. The molecule has 1 heterocycles. The van der Waals surface area contributed by atoms with E-state index in [-0.39, 0.29) is 6.10 Å². The lowest BCUT2D eigenvalue weighted by atomic mass is 9.84. The fourth-order valence-corrected chi connectivity index (χ4v) is 2.59. The van der Waals surface area contributed by atoms with Crippen LogP contribution in [0.4, 0.5) is 0 Å². The SMILES string of the molecule is OC1CCC(Cc2cccc(Br)n2)CC1. The molecule has 3 heteroatoms. The van der Waals surface area contributed by atoms with E-state index in [1.54, 1.807) is 0 Å². The highest BCUT2D eigenvalue weighted by Crippen LogP contribution is 2.26. The number of rotatable bonds is 2. The molecule has 1 aliphatic rings. The van der Waals surface area contributed by atoms with Crippen molar-refractivity contribution in [2.45, 2.75) is 38.2 Å². The van der Waals surface area contributed by atoms with Crippen LogP contribution in [-0.2, 0) is 6.42 Å². The van der Waals surface area contributed by atoms with E-state index >= 15 is 0 Å². The van der Waals surface area contributed by atoms with E-state index in [0.717, 1.165) is 42.4 Å². The predicted molar refractivity (Wildman–Crippen MR) is 63.6 cm³/mol. The number of aromatic nitrogens is 1. The van der Waals surface area contributed by atoms with E-state index < -0.39 is 0 Å². The first-order valence-electron chi connectivity index (χ1n) is 5.53. The molecule has 0 bridgehead atoms. The summed E-state index contributed by atoms with van der Waals surface area (Å²) in [6.45, 7) is 0. The van der Waals surface area contributed by atoms with Crippen molar-refractivity contribution in [2.75, 3.05) is 0 Å². The molecule has 0 saturated heterocycles. The van der Waals surface area contributed by atoms with Gasteiger partial charge in [-0.05, 0) is 66.1 Å². The molecule has 0 aromatic carbocycles. The number of hydrogen-bond acceptors (Lipinski definition) is 2. The van der Waals surface area contributed by atoms with Gasteiger partial charge in [0.1, 0.15) is 4.60 Å². The van der Waals surface area contributed by atoms with Crippen LogP contribution in [0.2, 0.25) is 0 Å². The zero-order valence-electron chi connectivity index (χ0n) is 8.69. The van der Waals surface area contributed by atoms with Crippen LogP contribution < -0.4 is 0 Å². The summed E-state index contributed by atoms with van der Waals surface area (Å²) < 4.78 is 0.913. The number of aliphatic hydroxyl groups is 1. The van der Waals surface area contributed by atoms with Crippen LogP contribution in [0, 0.1) is 5.92 Å². The topological polar surface area (TPSA) is 33.1 Å². The molecular formula is C12H16BrNO. The Balaban J connectivity index is 1.92. The smallest absolute Gasteiger partial charge is 0.106 e. The van der Waals surface area contributed by atoms with Crippen molar-refractivity contribution in [3.63, 3.8) is 0 Å².